The minimum Gasteiger partial charge on any atom is -0.508 e. The van der Waals surface area contributed by atoms with Crippen molar-refractivity contribution in [2.75, 3.05) is 13.7 Å². The van der Waals surface area contributed by atoms with Gasteiger partial charge in [0.15, 0.2) is 77.0 Å². The molecule has 2 fully saturated rings. The first kappa shape index (κ1) is 91.4. The second-order valence-electron chi connectivity index (χ2n) is 30.1. The number of nitrogens with one attached hydrogen (secondary N) is 1. The number of phenols is 4. The molecular formula is C83H86Cl4N8O30. The molecule has 2 saturated heterocycles. The SMILES string of the molecule is CCCCCCCCCCCC(O)=NC1C(Oc2c3cc4cc2Oc2c(Cl)cc(cc2Cl)[C@@H](O)[C@@H]2N=C(O)C(N=C(O)[C@@H]4N=C(O)[C@H]4N=C(O)[C@H](N=C(O)[C@H](NC)c5ccc(O)c(c5)Oc5cc(O)c(Cl)c4c5)C(O)c4ccc(c(Cl)c4)O3)c3ccc(O)c(c3)-c3c(OC4OC(CO)C(O)C(O)C4O)cc(O)cc3[C@@H](C(=O)O)N=C2O)OC(C(=O)O)C(O)C1O. The lowest BCUT2D eigenvalue weighted by atomic mass is 9.90. The number of hydrogen-bond donors (Lipinski definition) is 22. The number of aliphatic imine (C=N–C) groups is 7. The summed E-state index contributed by atoms with van der Waals surface area (Å²) in [5, 5.41) is 250. The number of nitrogens with zero attached hydrogens (tertiary/aromatic N) is 7. The van der Waals surface area contributed by atoms with Crippen molar-refractivity contribution in [1.82, 2.24) is 5.32 Å². The zero-order chi connectivity index (χ0) is 90.0. The van der Waals surface area contributed by atoms with Crippen molar-refractivity contribution in [3.63, 3.8) is 0 Å². The van der Waals surface area contributed by atoms with Crippen LogP contribution < -0.4 is 29.0 Å². The predicted molar refractivity (Wildman–Crippen MR) is 448 cm³/mol. The summed E-state index contributed by atoms with van der Waals surface area (Å²) in [6.45, 7) is 1.10. The van der Waals surface area contributed by atoms with E-state index in [1.54, 1.807) is 0 Å². The Hall–Kier alpha value is -11.3. The van der Waals surface area contributed by atoms with Crippen LogP contribution in [0.3, 0.4) is 0 Å². The summed E-state index contributed by atoms with van der Waals surface area (Å²) >= 11 is 28.6. The number of likely N-dealkylation sites (N-methyl/N-ethyl adjacent to an activating group) is 1. The van der Waals surface area contributed by atoms with E-state index >= 15 is 0 Å². The maximum atomic E-state index is 13.9. The van der Waals surface area contributed by atoms with E-state index in [4.69, 9.17) is 79.6 Å². The average Bonchev–Trinajstić information content (AvgIpc) is 0.759. The molecule has 8 aliphatic rings. The standard InChI is InChI=1S/C83H86Cl4N8O30/c1-3-4-5-6-7-8-9-10-11-12-53(101)89-63-67(105)69(107)73(81(117)118)125-82(63)124-72-50-24-34-25-51(72)121-71-42(85)21-35(22-43(71)86)65(103)62-79(114)93-60(80(115)116)39-26-36(97)27-49(122-83-70(108)68(106)66(104)52(30-96)123-83)54(39)38-19-31(13-16-44(38)98)57(75(110)95-62)90-76(111)58(34)91-77(112)59-40-28-37(29-46(100)55(40)87)119-48-23-32(14-17-45(48)99)56(88-2)74(109)94-61(78(113)92-59)64(102)33-15-18-47(120-50)41(84)20-33/h13-29,52,56-70,73,82-83,88,96-100,102-108H,3-12,30H2,1-2H3,(H,89,101)(H,90,111)(H,91,112)(H,92,113)(H,93,114)(H,94,109)(H,95,110)(H,115,116)(H,117,118)/t52?,56-,57?,58-,59+,60+,61-,62+,63?,64?,65-,66?,67?,68?,69?,70?,73?,82?,83?/m1/s1. The largest absolute Gasteiger partial charge is 0.508 e. The molecule has 7 aromatic rings. The monoisotopic (exact) mass is 1810 g/mol. The first-order valence-corrected chi connectivity index (χ1v) is 40.6. The van der Waals surface area contributed by atoms with Gasteiger partial charge in [-0.05, 0) is 114 Å². The Morgan fingerprint density at radius 2 is 1.06 bits per heavy atom. The number of rotatable bonds is 19. The number of benzene rings is 7. The molecule has 0 radical (unpaired) electrons. The molecule has 22 N–H and O–H groups in total. The van der Waals surface area contributed by atoms with E-state index < -0.39 is 298 Å². The zero-order valence-electron chi connectivity index (χ0n) is 65.8. The molecule has 0 amide bonds. The Balaban J connectivity index is 1.12. The number of carboxylic acids is 2. The molecule has 17 bridgehead atoms. The Labute approximate surface area is 729 Å². The number of phenolic OH excluding ortho intramolecular Hbond substituents is 4. The van der Waals surface area contributed by atoms with Crippen molar-refractivity contribution >= 4 is 99.6 Å². The maximum Gasteiger partial charge on any atom is 0.335 e. The number of hydrogen-bond acceptors (Lipinski definition) is 29. The van der Waals surface area contributed by atoms with E-state index in [0.717, 1.165) is 124 Å². The fourth-order valence-corrected chi connectivity index (χ4v) is 16.0. The topological polar surface area (TPSA) is 622 Å². The highest BCUT2D eigenvalue weighted by atomic mass is 35.5. The van der Waals surface area contributed by atoms with Crippen LogP contribution in [-0.4, -0.2) is 248 Å². The number of aliphatic carboxylic acids is 2. The fourth-order valence-electron chi connectivity index (χ4n) is 15.0. The Kier molecular flexibility index (Phi) is 28.3. The van der Waals surface area contributed by atoms with Crippen molar-refractivity contribution in [1.29, 1.82) is 0 Å². The van der Waals surface area contributed by atoms with Gasteiger partial charge in [-0.1, -0.05) is 123 Å². The third-order valence-electron chi connectivity index (χ3n) is 21.5. The first-order chi connectivity index (χ1) is 59.6. The Bertz CT molecular complexity index is 5460. The highest BCUT2D eigenvalue weighted by molar-refractivity contribution is 6.37. The average molecular weight is 1820 g/mol. The lowest BCUT2D eigenvalue weighted by Crippen LogP contribution is -2.60. The summed E-state index contributed by atoms with van der Waals surface area (Å²) < 4.78 is 43.9. The zero-order valence-corrected chi connectivity index (χ0v) is 68.8. The minimum atomic E-state index is -2.58. The van der Waals surface area contributed by atoms with E-state index in [2.05, 4.69) is 47.2 Å². The molecule has 38 nitrogen and oxygen atoms in total. The summed E-state index contributed by atoms with van der Waals surface area (Å²) in [6, 6.07) is -0.828. The summed E-state index contributed by atoms with van der Waals surface area (Å²) in [6.07, 6.45) is -16.4. The lowest BCUT2D eigenvalue weighted by Gasteiger charge is -2.39. The van der Waals surface area contributed by atoms with Crippen LogP contribution >= 0.6 is 46.4 Å². The van der Waals surface area contributed by atoms with Crippen LogP contribution in [0.5, 0.6) is 69.0 Å². The Morgan fingerprint density at radius 3 is 1.72 bits per heavy atom. The summed E-state index contributed by atoms with van der Waals surface area (Å²) in [5.74, 6) is -20.7. The fraction of sp³-hybridized carbons (Fsp3) is 0.386. The molecule has 666 valence electrons. The van der Waals surface area contributed by atoms with E-state index in [0.29, 0.717) is 12.8 Å². The molecule has 19 atom stereocenters. The molecule has 125 heavy (non-hydrogen) atoms. The number of ether oxygens (including phenoxy) is 7. The van der Waals surface area contributed by atoms with Gasteiger partial charge in [-0.3, -0.25) is 0 Å². The van der Waals surface area contributed by atoms with Gasteiger partial charge in [0.05, 0.1) is 26.7 Å². The van der Waals surface area contributed by atoms with E-state index in [1.165, 1.54) is 31.3 Å². The molecule has 42 heteroatoms. The van der Waals surface area contributed by atoms with Crippen molar-refractivity contribution in [3.8, 4) is 80.1 Å². The molecule has 12 unspecified atom stereocenters. The van der Waals surface area contributed by atoms with Crippen LogP contribution in [0.2, 0.25) is 20.1 Å². The third-order valence-corrected chi connectivity index (χ3v) is 22.8. The number of carbonyl (C=O) groups is 2. The van der Waals surface area contributed by atoms with E-state index in [-0.39, 0.29) is 23.3 Å². The molecule has 7 aromatic carbocycles. The summed E-state index contributed by atoms with van der Waals surface area (Å²) in [4.78, 5) is 57.6. The molecule has 0 saturated carbocycles. The van der Waals surface area contributed by atoms with Gasteiger partial charge < -0.3 is 146 Å². The van der Waals surface area contributed by atoms with Crippen LogP contribution in [0.4, 0.5) is 0 Å². The number of halogens is 4. The van der Waals surface area contributed by atoms with Gasteiger partial charge in [-0.15, -0.1) is 0 Å². The van der Waals surface area contributed by atoms with Gasteiger partial charge >= 0.3 is 11.9 Å². The predicted octanol–water partition coefficient (Wildman–Crippen LogP) is 11.0. The van der Waals surface area contributed by atoms with Gasteiger partial charge in [-0.2, -0.15) is 0 Å². The van der Waals surface area contributed by atoms with Crippen molar-refractivity contribution < 1.29 is 150 Å². The molecule has 8 heterocycles. The van der Waals surface area contributed by atoms with Crippen LogP contribution in [-0.2, 0) is 19.1 Å². The van der Waals surface area contributed by atoms with Gasteiger partial charge in [0, 0.05) is 40.8 Å². The number of fused-ring (bicyclic) bond motifs is 12. The molecule has 8 aliphatic heterocycles. The van der Waals surface area contributed by atoms with Gasteiger partial charge in [0.2, 0.25) is 53.7 Å². The molecule has 0 aliphatic carbocycles. The normalized spacial score (nSPS) is 26.9. The quantitative estimate of drug-likeness (QED) is 0.0203. The van der Waals surface area contributed by atoms with E-state index in [9.17, 15) is 117 Å². The summed E-state index contributed by atoms with van der Waals surface area (Å²) in [5.41, 5.74) is -4.29. The summed E-state index contributed by atoms with van der Waals surface area (Å²) in [7, 11) is 1.38. The lowest BCUT2D eigenvalue weighted by molar-refractivity contribution is -0.277. The van der Waals surface area contributed by atoms with Crippen LogP contribution in [0, 0.1) is 0 Å². The second kappa shape index (κ2) is 38.7. The first-order valence-electron chi connectivity index (χ1n) is 39.1. The van der Waals surface area contributed by atoms with Crippen molar-refractivity contribution in [3.05, 3.63) is 162 Å². The van der Waals surface area contributed by atoms with Crippen molar-refractivity contribution in [2.24, 2.45) is 34.9 Å². The number of aliphatic hydroxyl groups excluding tert-OH is 15. The Morgan fingerprint density at radius 1 is 0.480 bits per heavy atom. The van der Waals surface area contributed by atoms with Gasteiger partial charge in [0.1, 0.15) is 95.4 Å². The molecular weight excluding hydrogens is 1730 g/mol. The van der Waals surface area contributed by atoms with Crippen LogP contribution in [0.1, 0.15) is 152 Å². The highest BCUT2D eigenvalue weighted by Crippen LogP contribution is 2.53. The second-order valence-corrected chi connectivity index (χ2v) is 31.7. The number of carboxylic acid groups (broad SMARTS) is 2. The molecule has 15 rings (SSSR count). The van der Waals surface area contributed by atoms with Gasteiger partial charge in [-0.25, -0.2) is 44.5 Å². The molecule has 0 spiro atoms. The number of aromatic hydroxyl groups is 4. The highest BCUT2D eigenvalue weighted by Gasteiger charge is 2.51. The molecule has 0 aromatic heterocycles. The smallest absolute Gasteiger partial charge is 0.335 e. The maximum absolute atomic E-state index is 13.9. The number of unbranched alkanes of at least 4 members (excludes halogenated alkanes) is 8. The van der Waals surface area contributed by atoms with Crippen LogP contribution in [0.15, 0.2) is 138 Å². The number of aliphatic hydroxyl groups is 15. The van der Waals surface area contributed by atoms with E-state index in [1.807, 2.05) is 0 Å². The van der Waals surface area contributed by atoms with Crippen molar-refractivity contribution in [2.45, 2.75) is 187 Å². The van der Waals surface area contributed by atoms with Crippen LogP contribution in [0.25, 0.3) is 11.1 Å². The third kappa shape index (κ3) is 19.4. The minimum absolute atomic E-state index is 0.125. The van der Waals surface area contributed by atoms with Gasteiger partial charge in [0.25, 0.3) is 0 Å².